The van der Waals surface area contributed by atoms with E-state index in [0.717, 1.165) is 38.9 Å². The summed E-state index contributed by atoms with van der Waals surface area (Å²) in [5, 5.41) is 5.93. The molecule has 2 rings (SSSR count). The third-order valence-corrected chi connectivity index (χ3v) is 2.67. The molecule has 1 amide bonds. The minimum absolute atomic E-state index is 0.145. The monoisotopic (exact) mass is 218 g/mol. The molecule has 1 spiro atoms. The van der Waals surface area contributed by atoms with Gasteiger partial charge >= 0.3 is 6.09 Å². The lowest BCUT2D eigenvalue weighted by Crippen LogP contribution is -2.52. The Bertz CT molecular complexity index is 188. The summed E-state index contributed by atoms with van der Waals surface area (Å²) < 4.78 is 5.32. The molecule has 0 atom stereocenters. The molecule has 2 heterocycles. The summed E-state index contributed by atoms with van der Waals surface area (Å²) in [6.07, 6.45) is 4.32. The minimum atomic E-state index is -0.247. The molecule has 82 valence electrons. The van der Waals surface area contributed by atoms with Crippen LogP contribution >= 0.6 is 12.6 Å². The van der Waals surface area contributed by atoms with E-state index in [1.165, 1.54) is 0 Å². The summed E-state index contributed by atoms with van der Waals surface area (Å²) in [6, 6.07) is 0. The Morgan fingerprint density at radius 2 is 1.79 bits per heavy atom. The number of amides is 1. The SMILES string of the molecule is CS.O=C1NCCC2(CCNCC2)O1. The second-order valence-electron chi connectivity index (χ2n) is 3.50. The first-order valence-electron chi connectivity index (χ1n) is 4.93. The van der Waals surface area contributed by atoms with Crippen molar-refractivity contribution in [1.82, 2.24) is 10.6 Å². The molecule has 0 unspecified atom stereocenters. The standard InChI is InChI=1S/C8H14N2O2.CH4S/c11-7-10-6-3-8(12-7)1-4-9-5-2-8;1-2/h9H,1-6H2,(H,10,11);2H,1H3. The van der Waals surface area contributed by atoms with Gasteiger partial charge in [0.2, 0.25) is 0 Å². The van der Waals surface area contributed by atoms with E-state index in [1.807, 2.05) is 0 Å². The molecule has 5 heteroatoms. The quantitative estimate of drug-likeness (QED) is 0.527. The highest BCUT2D eigenvalue weighted by molar-refractivity contribution is 7.79. The molecule has 0 radical (unpaired) electrons. The van der Waals surface area contributed by atoms with Crippen LogP contribution in [-0.2, 0) is 4.74 Å². The van der Waals surface area contributed by atoms with Gasteiger partial charge in [0.25, 0.3) is 0 Å². The molecule has 4 nitrogen and oxygen atoms in total. The molecule has 2 aliphatic rings. The predicted molar refractivity (Wildman–Crippen MR) is 58.8 cm³/mol. The number of ether oxygens (including phenoxy) is 1. The zero-order valence-electron chi connectivity index (χ0n) is 8.51. The fourth-order valence-electron chi connectivity index (χ4n) is 1.91. The van der Waals surface area contributed by atoms with Crippen molar-refractivity contribution in [2.75, 3.05) is 25.9 Å². The van der Waals surface area contributed by atoms with Crippen LogP contribution in [0, 0.1) is 0 Å². The van der Waals surface area contributed by atoms with Crippen LogP contribution in [0.5, 0.6) is 0 Å². The van der Waals surface area contributed by atoms with Crippen molar-refractivity contribution in [2.24, 2.45) is 0 Å². The highest BCUT2D eigenvalue weighted by Crippen LogP contribution is 2.28. The summed E-state index contributed by atoms with van der Waals surface area (Å²) in [7, 11) is 0. The van der Waals surface area contributed by atoms with Crippen LogP contribution in [0.3, 0.4) is 0 Å². The number of nitrogens with one attached hydrogen (secondary N) is 2. The van der Waals surface area contributed by atoms with Crippen LogP contribution in [0.2, 0.25) is 0 Å². The normalized spacial score (nSPS) is 24.3. The van der Waals surface area contributed by atoms with E-state index in [1.54, 1.807) is 6.26 Å². The van der Waals surface area contributed by atoms with Crippen molar-refractivity contribution >= 4 is 18.7 Å². The fraction of sp³-hybridized carbons (Fsp3) is 0.889. The van der Waals surface area contributed by atoms with E-state index in [9.17, 15) is 4.79 Å². The molecule has 0 aromatic rings. The molecule has 2 fully saturated rings. The predicted octanol–water partition coefficient (Wildman–Crippen LogP) is 0.784. The zero-order valence-corrected chi connectivity index (χ0v) is 9.40. The van der Waals surface area contributed by atoms with Crippen molar-refractivity contribution in [3.63, 3.8) is 0 Å². The van der Waals surface area contributed by atoms with Gasteiger partial charge in [0.05, 0.1) is 0 Å². The summed E-state index contributed by atoms with van der Waals surface area (Å²) in [5.74, 6) is 0. The zero-order chi connectivity index (χ0) is 10.4. The van der Waals surface area contributed by atoms with E-state index in [0.29, 0.717) is 0 Å². The second-order valence-corrected chi connectivity index (χ2v) is 3.50. The lowest BCUT2D eigenvalue weighted by molar-refractivity contribution is -0.0332. The summed E-state index contributed by atoms with van der Waals surface area (Å²) in [6.45, 7) is 2.69. The fourth-order valence-corrected chi connectivity index (χ4v) is 1.91. The van der Waals surface area contributed by atoms with Crippen LogP contribution < -0.4 is 10.6 Å². The summed E-state index contributed by atoms with van der Waals surface area (Å²) in [4.78, 5) is 11.0. The number of carbonyl (C=O) groups is 1. The number of alkyl carbamates (subject to hydrolysis) is 1. The second kappa shape index (κ2) is 5.46. The van der Waals surface area contributed by atoms with Crippen molar-refractivity contribution in [1.29, 1.82) is 0 Å². The molecule has 2 saturated heterocycles. The summed E-state index contributed by atoms with van der Waals surface area (Å²) in [5.41, 5.74) is -0.145. The molecule has 0 aliphatic carbocycles. The van der Waals surface area contributed by atoms with Gasteiger partial charge in [-0.05, 0) is 32.2 Å². The lowest BCUT2D eigenvalue weighted by atomic mass is 9.88. The molecule has 2 N–H and O–H groups in total. The lowest BCUT2D eigenvalue weighted by Gasteiger charge is -2.39. The minimum Gasteiger partial charge on any atom is -0.443 e. The molecular weight excluding hydrogens is 200 g/mol. The third kappa shape index (κ3) is 2.78. The number of rotatable bonds is 0. The van der Waals surface area contributed by atoms with Gasteiger partial charge in [-0.3, -0.25) is 0 Å². The Morgan fingerprint density at radius 3 is 2.36 bits per heavy atom. The van der Waals surface area contributed by atoms with Gasteiger partial charge in [-0.2, -0.15) is 12.6 Å². The maximum atomic E-state index is 11.0. The Morgan fingerprint density at radius 1 is 1.21 bits per heavy atom. The molecule has 2 aliphatic heterocycles. The van der Waals surface area contributed by atoms with Gasteiger partial charge in [0, 0.05) is 13.0 Å². The van der Waals surface area contributed by atoms with E-state index < -0.39 is 0 Å². The van der Waals surface area contributed by atoms with E-state index in [-0.39, 0.29) is 11.7 Å². The molecule has 0 aromatic carbocycles. The Balaban J connectivity index is 0.000000461. The van der Waals surface area contributed by atoms with Gasteiger partial charge in [-0.15, -0.1) is 0 Å². The Hall–Kier alpha value is -0.420. The van der Waals surface area contributed by atoms with Crippen LogP contribution in [0.25, 0.3) is 0 Å². The first kappa shape index (κ1) is 11.7. The first-order valence-corrected chi connectivity index (χ1v) is 5.83. The van der Waals surface area contributed by atoms with Crippen molar-refractivity contribution in [3.8, 4) is 0 Å². The van der Waals surface area contributed by atoms with Crippen LogP contribution in [-0.4, -0.2) is 37.6 Å². The molecule has 0 saturated carbocycles. The molecule has 0 bridgehead atoms. The maximum Gasteiger partial charge on any atom is 0.407 e. The third-order valence-electron chi connectivity index (χ3n) is 2.67. The van der Waals surface area contributed by atoms with Gasteiger partial charge in [-0.1, -0.05) is 0 Å². The van der Waals surface area contributed by atoms with Crippen LogP contribution in [0.15, 0.2) is 0 Å². The Labute approximate surface area is 90.2 Å². The van der Waals surface area contributed by atoms with Crippen LogP contribution in [0.4, 0.5) is 4.79 Å². The average Bonchev–Trinajstić information content (AvgIpc) is 2.21. The van der Waals surface area contributed by atoms with Gasteiger partial charge in [0.15, 0.2) is 0 Å². The van der Waals surface area contributed by atoms with Crippen molar-refractivity contribution in [3.05, 3.63) is 0 Å². The van der Waals surface area contributed by atoms with E-state index >= 15 is 0 Å². The highest BCUT2D eigenvalue weighted by atomic mass is 32.1. The maximum absolute atomic E-state index is 11.0. The van der Waals surface area contributed by atoms with Gasteiger partial charge in [-0.25, -0.2) is 4.79 Å². The number of thiol groups is 1. The molecular formula is C9H18N2O2S. The number of hydrogen-bond donors (Lipinski definition) is 3. The van der Waals surface area contributed by atoms with E-state index in [4.69, 9.17) is 4.74 Å². The topological polar surface area (TPSA) is 50.4 Å². The smallest absolute Gasteiger partial charge is 0.407 e. The van der Waals surface area contributed by atoms with Crippen molar-refractivity contribution in [2.45, 2.75) is 24.9 Å². The van der Waals surface area contributed by atoms with Gasteiger partial charge in [0.1, 0.15) is 5.60 Å². The van der Waals surface area contributed by atoms with Crippen molar-refractivity contribution < 1.29 is 9.53 Å². The average molecular weight is 218 g/mol. The number of carbonyl (C=O) groups excluding carboxylic acids is 1. The van der Waals surface area contributed by atoms with Crippen LogP contribution in [0.1, 0.15) is 19.3 Å². The van der Waals surface area contributed by atoms with Gasteiger partial charge < -0.3 is 15.4 Å². The number of piperidine rings is 1. The molecule has 0 aromatic heterocycles. The summed E-state index contributed by atoms with van der Waals surface area (Å²) >= 11 is 3.53. The largest absolute Gasteiger partial charge is 0.443 e. The highest BCUT2D eigenvalue weighted by Gasteiger charge is 2.38. The number of hydrogen-bond acceptors (Lipinski definition) is 4. The molecule has 14 heavy (non-hydrogen) atoms. The van der Waals surface area contributed by atoms with E-state index in [2.05, 4.69) is 23.3 Å². The Kier molecular flexibility index (Phi) is 4.54. The first-order chi connectivity index (χ1) is 6.81.